The lowest BCUT2D eigenvalue weighted by Gasteiger charge is -2.31. The number of ether oxygens (including phenoxy) is 1. The van der Waals surface area contributed by atoms with Gasteiger partial charge >= 0.3 is 0 Å². The number of para-hydroxylation sites is 1. The van der Waals surface area contributed by atoms with Crippen molar-refractivity contribution in [1.82, 2.24) is 9.88 Å². The van der Waals surface area contributed by atoms with Gasteiger partial charge in [-0.05, 0) is 30.3 Å². The minimum Gasteiger partial charge on any atom is -0.467 e. The second-order valence-electron chi connectivity index (χ2n) is 6.19. The Hall–Kier alpha value is -2.18. The number of carbonyl (C=O) groups is 1. The quantitative estimate of drug-likeness (QED) is 0.646. The van der Waals surface area contributed by atoms with Gasteiger partial charge in [0, 0.05) is 31.5 Å². The summed E-state index contributed by atoms with van der Waals surface area (Å²) in [6, 6.07) is 11.5. The molecule has 26 heavy (non-hydrogen) atoms. The van der Waals surface area contributed by atoms with Crippen LogP contribution in [0.5, 0.6) is 5.19 Å². The van der Waals surface area contributed by atoms with Gasteiger partial charge in [-0.2, -0.15) is 0 Å². The van der Waals surface area contributed by atoms with Gasteiger partial charge in [-0.15, -0.1) is 0 Å². The van der Waals surface area contributed by atoms with E-state index in [1.807, 2.05) is 18.2 Å². The molecule has 4 rings (SSSR count). The van der Waals surface area contributed by atoms with Crippen molar-refractivity contribution >= 4 is 39.1 Å². The minimum atomic E-state index is -0.399. The van der Waals surface area contributed by atoms with E-state index in [2.05, 4.69) is 4.98 Å². The van der Waals surface area contributed by atoms with E-state index < -0.39 is 5.82 Å². The van der Waals surface area contributed by atoms with Gasteiger partial charge in [0.25, 0.3) is 11.1 Å². The molecule has 1 fully saturated rings. The lowest BCUT2D eigenvalue weighted by molar-refractivity contribution is 0.0595. The maximum Gasteiger partial charge on any atom is 0.274 e. The summed E-state index contributed by atoms with van der Waals surface area (Å²) in [5, 5.41) is 1.21. The van der Waals surface area contributed by atoms with Crippen molar-refractivity contribution < 1.29 is 13.9 Å². The van der Waals surface area contributed by atoms with Crippen LogP contribution in [-0.4, -0.2) is 35.0 Å². The van der Waals surface area contributed by atoms with Crippen LogP contribution in [-0.2, 0) is 0 Å². The number of hydrogen-bond acceptors (Lipinski definition) is 4. The highest BCUT2D eigenvalue weighted by molar-refractivity contribution is 7.20. The van der Waals surface area contributed by atoms with Crippen molar-refractivity contribution in [2.24, 2.45) is 0 Å². The molecule has 0 radical (unpaired) electrons. The molecular weight excluding hydrogens is 375 g/mol. The number of amides is 1. The molecule has 7 heteroatoms. The van der Waals surface area contributed by atoms with E-state index in [4.69, 9.17) is 16.3 Å². The van der Waals surface area contributed by atoms with Crippen molar-refractivity contribution in [3.63, 3.8) is 0 Å². The first kappa shape index (κ1) is 17.2. The predicted molar refractivity (Wildman–Crippen MR) is 101 cm³/mol. The van der Waals surface area contributed by atoms with E-state index in [1.165, 1.54) is 23.5 Å². The minimum absolute atomic E-state index is 0.00546. The number of aromatic nitrogens is 1. The zero-order valence-corrected chi connectivity index (χ0v) is 15.4. The highest BCUT2D eigenvalue weighted by Crippen LogP contribution is 2.33. The van der Waals surface area contributed by atoms with E-state index in [9.17, 15) is 9.18 Å². The molecular formula is C19H16ClFN2O2S. The van der Waals surface area contributed by atoms with Gasteiger partial charge in [-0.1, -0.05) is 35.1 Å². The predicted octanol–water partition coefficient (Wildman–Crippen LogP) is 4.77. The Morgan fingerprint density at radius 3 is 2.73 bits per heavy atom. The molecule has 0 N–H and O–H groups in total. The van der Waals surface area contributed by atoms with Crippen LogP contribution in [0.15, 0.2) is 42.5 Å². The normalized spacial score (nSPS) is 15.4. The van der Waals surface area contributed by atoms with Gasteiger partial charge < -0.3 is 9.64 Å². The van der Waals surface area contributed by atoms with Crippen molar-refractivity contribution in [1.29, 1.82) is 0 Å². The van der Waals surface area contributed by atoms with Crippen LogP contribution in [0.25, 0.3) is 10.2 Å². The average Bonchev–Trinajstić information content (AvgIpc) is 3.06. The second-order valence-corrected chi connectivity index (χ2v) is 7.59. The number of halogens is 2. The molecule has 0 unspecified atom stereocenters. The lowest BCUT2D eigenvalue weighted by Crippen LogP contribution is -2.41. The first-order valence-corrected chi connectivity index (χ1v) is 9.56. The van der Waals surface area contributed by atoms with E-state index in [0.717, 1.165) is 10.2 Å². The van der Waals surface area contributed by atoms with Crippen molar-refractivity contribution in [2.45, 2.75) is 18.9 Å². The molecule has 0 spiro atoms. The summed E-state index contributed by atoms with van der Waals surface area (Å²) in [4.78, 5) is 18.7. The number of carbonyl (C=O) groups excluding carboxylic acids is 1. The van der Waals surface area contributed by atoms with Crippen LogP contribution in [0.1, 0.15) is 23.2 Å². The number of benzene rings is 2. The van der Waals surface area contributed by atoms with Gasteiger partial charge in [0.2, 0.25) is 0 Å². The number of likely N-dealkylation sites (tertiary alicyclic amines) is 1. The molecule has 3 aromatic rings. The molecule has 4 nitrogen and oxygen atoms in total. The van der Waals surface area contributed by atoms with Crippen molar-refractivity contribution in [3.05, 3.63) is 58.9 Å². The Kier molecular flexibility index (Phi) is 4.78. The number of hydrogen-bond donors (Lipinski definition) is 0. The van der Waals surface area contributed by atoms with Crippen molar-refractivity contribution in [3.8, 4) is 5.19 Å². The zero-order valence-electron chi connectivity index (χ0n) is 13.8. The third kappa shape index (κ3) is 3.52. The first-order chi connectivity index (χ1) is 12.6. The largest absolute Gasteiger partial charge is 0.467 e. The smallest absolute Gasteiger partial charge is 0.274 e. The summed E-state index contributed by atoms with van der Waals surface area (Å²) in [6.07, 6.45) is 1.43. The fourth-order valence-corrected chi connectivity index (χ4v) is 4.25. The highest BCUT2D eigenvalue weighted by Gasteiger charge is 2.25. The molecule has 0 aliphatic carbocycles. The highest BCUT2D eigenvalue weighted by atomic mass is 35.5. The van der Waals surface area contributed by atoms with E-state index in [1.54, 1.807) is 17.0 Å². The molecule has 0 atom stereocenters. The fourth-order valence-electron chi connectivity index (χ4n) is 3.07. The molecule has 1 aromatic heterocycles. The van der Waals surface area contributed by atoms with Gasteiger partial charge in [0.1, 0.15) is 17.4 Å². The summed E-state index contributed by atoms with van der Waals surface area (Å²) >= 11 is 7.62. The van der Waals surface area contributed by atoms with E-state index in [-0.39, 0.29) is 12.0 Å². The molecule has 1 aliphatic heterocycles. The van der Waals surface area contributed by atoms with Gasteiger partial charge in [-0.25, -0.2) is 9.37 Å². The number of rotatable bonds is 3. The number of fused-ring (bicyclic) bond motifs is 1. The lowest BCUT2D eigenvalue weighted by atomic mass is 10.1. The summed E-state index contributed by atoms with van der Waals surface area (Å²) < 4.78 is 20.3. The molecule has 1 saturated heterocycles. The summed E-state index contributed by atoms with van der Waals surface area (Å²) in [6.45, 7) is 1.15. The van der Waals surface area contributed by atoms with E-state index in [0.29, 0.717) is 41.7 Å². The van der Waals surface area contributed by atoms with Crippen LogP contribution in [0, 0.1) is 5.82 Å². The summed E-state index contributed by atoms with van der Waals surface area (Å²) in [7, 11) is 0. The van der Waals surface area contributed by atoms with Gasteiger partial charge in [0.05, 0.1) is 9.72 Å². The monoisotopic (exact) mass is 390 g/mol. The Morgan fingerprint density at radius 1 is 1.23 bits per heavy atom. The van der Waals surface area contributed by atoms with E-state index >= 15 is 0 Å². The Balaban J connectivity index is 1.38. The van der Waals surface area contributed by atoms with Crippen LogP contribution in [0.4, 0.5) is 4.39 Å². The fraction of sp³-hybridized carbons (Fsp3) is 0.263. The van der Waals surface area contributed by atoms with Crippen molar-refractivity contribution in [2.75, 3.05) is 13.1 Å². The standard InChI is InChI=1S/C19H16ClFN2O2S/c20-15-5-2-6-16-17(15)22-19(26-16)25-14-7-9-23(10-8-14)18(24)12-3-1-4-13(21)11-12/h1-6,11,14H,7-10H2. The Morgan fingerprint density at radius 2 is 2.00 bits per heavy atom. The maximum absolute atomic E-state index is 13.3. The third-order valence-electron chi connectivity index (χ3n) is 4.42. The summed E-state index contributed by atoms with van der Waals surface area (Å²) in [5.41, 5.74) is 1.14. The number of nitrogens with zero attached hydrogens (tertiary/aromatic N) is 2. The molecule has 2 aromatic carbocycles. The molecule has 1 amide bonds. The number of thiazole rings is 1. The Labute approximate surface area is 159 Å². The third-order valence-corrected chi connectivity index (χ3v) is 5.63. The van der Waals surface area contributed by atoms with Crippen LogP contribution in [0.2, 0.25) is 5.02 Å². The number of piperidine rings is 1. The zero-order chi connectivity index (χ0) is 18.1. The molecule has 0 saturated carbocycles. The SMILES string of the molecule is O=C(c1cccc(F)c1)N1CCC(Oc2nc3c(Cl)cccc3s2)CC1. The van der Waals surface area contributed by atoms with Gasteiger partial charge in [-0.3, -0.25) is 4.79 Å². The molecule has 2 heterocycles. The second kappa shape index (κ2) is 7.21. The van der Waals surface area contributed by atoms with Crippen LogP contribution < -0.4 is 4.74 Å². The van der Waals surface area contributed by atoms with Gasteiger partial charge in [0.15, 0.2) is 0 Å². The summed E-state index contributed by atoms with van der Waals surface area (Å²) in [5.74, 6) is -0.543. The molecule has 0 bridgehead atoms. The average molecular weight is 391 g/mol. The van der Waals surface area contributed by atoms with Crippen LogP contribution >= 0.6 is 22.9 Å². The Bertz CT molecular complexity index is 954. The first-order valence-electron chi connectivity index (χ1n) is 8.37. The maximum atomic E-state index is 13.3. The topological polar surface area (TPSA) is 42.4 Å². The molecule has 1 aliphatic rings. The molecule has 134 valence electrons. The van der Waals surface area contributed by atoms with Crippen LogP contribution in [0.3, 0.4) is 0 Å².